The van der Waals surface area contributed by atoms with Gasteiger partial charge in [0.05, 0.1) is 17.3 Å². The zero-order valence-electron chi connectivity index (χ0n) is 10.6. The molecule has 1 aromatic heterocycles. The molecule has 98 valence electrons. The van der Waals surface area contributed by atoms with Crippen LogP contribution in [-0.2, 0) is 11.8 Å². The van der Waals surface area contributed by atoms with Gasteiger partial charge >= 0.3 is 0 Å². The fraction of sp³-hybridized carbons (Fsp3) is 0.636. The van der Waals surface area contributed by atoms with Crippen LogP contribution in [0.15, 0.2) is 12.4 Å². The van der Waals surface area contributed by atoms with E-state index in [9.17, 15) is 4.79 Å². The van der Waals surface area contributed by atoms with Crippen molar-refractivity contribution in [2.75, 3.05) is 11.9 Å². The van der Waals surface area contributed by atoms with Crippen LogP contribution in [0, 0.1) is 5.41 Å². The fourth-order valence-corrected chi connectivity index (χ4v) is 1.70. The van der Waals surface area contributed by atoms with E-state index in [-0.39, 0.29) is 18.3 Å². The topological polar surface area (TPSA) is 72.9 Å². The molecular weight excluding hydrogens is 240 g/mol. The summed E-state index contributed by atoms with van der Waals surface area (Å²) in [5.41, 5.74) is 5.96. The summed E-state index contributed by atoms with van der Waals surface area (Å²) in [7, 11) is 1.81. The van der Waals surface area contributed by atoms with Crippen LogP contribution in [0.4, 0.5) is 5.69 Å². The highest BCUT2D eigenvalue weighted by molar-refractivity contribution is 5.95. The molecule has 17 heavy (non-hydrogen) atoms. The van der Waals surface area contributed by atoms with Gasteiger partial charge in [0, 0.05) is 19.8 Å². The Kier molecular flexibility index (Phi) is 6.20. The van der Waals surface area contributed by atoms with Gasteiger partial charge in [0.1, 0.15) is 0 Å². The van der Waals surface area contributed by atoms with E-state index in [1.54, 1.807) is 17.1 Å². The summed E-state index contributed by atoms with van der Waals surface area (Å²) < 4.78 is 1.65. The Bertz CT molecular complexity index is 352. The number of rotatable bonds is 5. The summed E-state index contributed by atoms with van der Waals surface area (Å²) in [6, 6.07) is 0. The molecule has 0 unspecified atom stereocenters. The minimum absolute atomic E-state index is 0. The van der Waals surface area contributed by atoms with Gasteiger partial charge in [-0.25, -0.2) is 0 Å². The second kappa shape index (κ2) is 6.61. The number of amides is 1. The fourth-order valence-electron chi connectivity index (χ4n) is 1.70. The van der Waals surface area contributed by atoms with Crippen molar-refractivity contribution < 1.29 is 4.79 Å². The largest absolute Gasteiger partial charge is 0.329 e. The molecular formula is C11H21ClN4O. The van der Waals surface area contributed by atoms with Crippen molar-refractivity contribution in [2.45, 2.75) is 26.7 Å². The van der Waals surface area contributed by atoms with E-state index >= 15 is 0 Å². The van der Waals surface area contributed by atoms with Crippen molar-refractivity contribution in [3.05, 3.63) is 12.4 Å². The van der Waals surface area contributed by atoms with Crippen molar-refractivity contribution in [2.24, 2.45) is 18.2 Å². The molecule has 0 bridgehead atoms. The maximum absolute atomic E-state index is 12.1. The maximum atomic E-state index is 12.1. The predicted molar refractivity (Wildman–Crippen MR) is 71.2 cm³/mol. The van der Waals surface area contributed by atoms with Crippen molar-refractivity contribution in [1.82, 2.24) is 9.78 Å². The van der Waals surface area contributed by atoms with Crippen molar-refractivity contribution in [3.63, 3.8) is 0 Å². The monoisotopic (exact) mass is 260 g/mol. The highest BCUT2D eigenvalue weighted by Gasteiger charge is 2.33. The Morgan fingerprint density at radius 3 is 2.47 bits per heavy atom. The number of nitrogens with two attached hydrogens (primary N) is 1. The van der Waals surface area contributed by atoms with Gasteiger partial charge in [-0.15, -0.1) is 12.4 Å². The molecule has 1 rings (SSSR count). The van der Waals surface area contributed by atoms with E-state index < -0.39 is 5.41 Å². The number of hydrogen-bond donors (Lipinski definition) is 2. The lowest BCUT2D eigenvalue weighted by molar-refractivity contribution is -0.125. The van der Waals surface area contributed by atoms with Crippen LogP contribution in [0.1, 0.15) is 26.7 Å². The molecule has 0 radical (unpaired) electrons. The third-order valence-corrected chi connectivity index (χ3v) is 3.19. The lowest BCUT2D eigenvalue weighted by Crippen LogP contribution is -2.41. The van der Waals surface area contributed by atoms with Crippen LogP contribution in [0.3, 0.4) is 0 Å². The molecule has 0 spiro atoms. The molecule has 0 aliphatic carbocycles. The second-order valence-corrected chi connectivity index (χ2v) is 4.05. The van der Waals surface area contributed by atoms with Gasteiger partial charge in [0.15, 0.2) is 0 Å². The number of anilines is 1. The van der Waals surface area contributed by atoms with Crippen LogP contribution < -0.4 is 11.1 Å². The summed E-state index contributed by atoms with van der Waals surface area (Å²) >= 11 is 0. The van der Waals surface area contributed by atoms with E-state index in [1.807, 2.05) is 20.9 Å². The molecule has 0 aliphatic rings. The van der Waals surface area contributed by atoms with Gasteiger partial charge in [-0.1, -0.05) is 13.8 Å². The number of aromatic nitrogens is 2. The third kappa shape index (κ3) is 3.44. The standard InChI is InChI=1S/C11H20N4O.ClH/c1-4-11(5-2,8-12)10(16)14-9-6-13-15(3)7-9;/h6-7H,4-5,8,12H2,1-3H3,(H,14,16);1H. The first-order valence-electron chi connectivity index (χ1n) is 5.58. The Morgan fingerprint density at radius 2 is 2.12 bits per heavy atom. The number of nitrogens with one attached hydrogen (secondary N) is 1. The lowest BCUT2D eigenvalue weighted by atomic mass is 9.81. The lowest BCUT2D eigenvalue weighted by Gasteiger charge is -2.28. The highest BCUT2D eigenvalue weighted by Crippen LogP contribution is 2.26. The molecule has 0 atom stereocenters. The molecule has 1 heterocycles. The molecule has 1 aromatic rings. The number of carbonyl (C=O) groups is 1. The minimum atomic E-state index is -0.462. The van der Waals surface area contributed by atoms with Gasteiger partial charge in [-0.05, 0) is 12.8 Å². The summed E-state index contributed by atoms with van der Waals surface area (Å²) in [5, 5.41) is 6.85. The third-order valence-electron chi connectivity index (χ3n) is 3.19. The van der Waals surface area contributed by atoms with Gasteiger partial charge in [0.25, 0.3) is 0 Å². The SMILES string of the molecule is CCC(CC)(CN)C(=O)Nc1cnn(C)c1.Cl. The molecule has 1 amide bonds. The van der Waals surface area contributed by atoms with Gasteiger partial charge in [-0.2, -0.15) is 5.10 Å². The first-order chi connectivity index (χ1) is 7.57. The molecule has 5 nitrogen and oxygen atoms in total. The molecule has 0 aromatic carbocycles. The zero-order chi connectivity index (χ0) is 12.2. The first-order valence-corrected chi connectivity index (χ1v) is 5.58. The summed E-state index contributed by atoms with van der Waals surface area (Å²) in [4.78, 5) is 12.1. The summed E-state index contributed by atoms with van der Waals surface area (Å²) in [5.74, 6) is -0.0204. The summed E-state index contributed by atoms with van der Waals surface area (Å²) in [6.07, 6.45) is 4.88. The molecule has 0 fully saturated rings. The normalized spacial score (nSPS) is 10.8. The molecule has 0 aliphatic heterocycles. The molecule has 0 saturated carbocycles. The average Bonchev–Trinajstić information content (AvgIpc) is 2.67. The van der Waals surface area contributed by atoms with Gasteiger partial charge < -0.3 is 11.1 Å². The van der Waals surface area contributed by atoms with E-state index in [1.165, 1.54) is 0 Å². The van der Waals surface area contributed by atoms with Crippen LogP contribution in [-0.4, -0.2) is 22.2 Å². The van der Waals surface area contributed by atoms with Crippen LogP contribution in [0.2, 0.25) is 0 Å². The van der Waals surface area contributed by atoms with E-state index in [0.29, 0.717) is 12.2 Å². The molecule has 3 N–H and O–H groups in total. The van der Waals surface area contributed by atoms with E-state index in [2.05, 4.69) is 10.4 Å². The average molecular weight is 261 g/mol. The van der Waals surface area contributed by atoms with Crippen molar-refractivity contribution in [1.29, 1.82) is 0 Å². The summed E-state index contributed by atoms with van der Waals surface area (Å²) in [6.45, 7) is 4.34. The molecule has 6 heteroatoms. The van der Waals surface area contributed by atoms with Crippen LogP contribution in [0.25, 0.3) is 0 Å². The Balaban J connectivity index is 0.00000256. The number of aryl methyl sites for hydroxylation is 1. The number of carbonyl (C=O) groups excluding carboxylic acids is 1. The van der Waals surface area contributed by atoms with Gasteiger partial charge in [0.2, 0.25) is 5.91 Å². The Morgan fingerprint density at radius 1 is 1.53 bits per heavy atom. The number of hydrogen-bond acceptors (Lipinski definition) is 3. The van der Waals surface area contributed by atoms with E-state index in [0.717, 1.165) is 12.8 Å². The van der Waals surface area contributed by atoms with Crippen LogP contribution in [0.5, 0.6) is 0 Å². The second-order valence-electron chi connectivity index (χ2n) is 4.05. The molecule has 0 saturated heterocycles. The smallest absolute Gasteiger partial charge is 0.231 e. The van der Waals surface area contributed by atoms with Crippen molar-refractivity contribution >= 4 is 24.0 Å². The van der Waals surface area contributed by atoms with Crippen molar-refractivity contribution in [3.8, 4) is 0 Å². The number of nitrogens with zero attached hydrogens (tertiary/aromatic N) is 2. The maximum Gasteiger partial charge on any atom is 0.231 e. The van der Waals surface area contributed by atoms with Gasteiger partial charge in [-0.3, -0.25) is 9.48 Å². The van der Waals surface area contributed by atoms with Crippen LogP contribution >= 0.6 is 12.4 Å². The predicted octanol–water partition coefficient (Wildman–Crippen LogP) is 1.55. The quantitative estimate of drug-likeness (QED) is 0.844. The number of halogens is 1. The minimum Gasteiger partial charge on any atom is -0.329 e. The zero-order valence-corrected chi connectivity index (χ0v) is 11.4. The Labute approximate surface area is 108 Å². The Hall–Kier alpha value is -1.07. The van der Waals surface area contributed by atoms with E-state index in [4.69, 9.17) is 5.73 Å². The highest BCUT2D eigenvalue weighted by atomic mass is 35.5. The first kappa shape index (κ1) is 15.9.